The maximum absolute atomic E-state index is 12.1. The van der Waals surface area contributed by atoms with Crippen LogP contribution < -0.4 is 9.64 Å². The van der Waals surface area contributed by atoms with Gasteiger partial charge in [0.1, 0.15) is 5.60 Å². The molecule has 0 atom stereocenters. The van der Waals surface area contributed by atoms with Crippen LogP contribution in [-0.4, -0.2) is 70.9 Å². The number of amides is 1. The number of ether oxygens (including phenoxy) is 2. The van der Waals surface area contributed by atoms with Gasteiger partial charge in [0, 0.05) is 32.2 Å². The number of methoxy groups -OCH3 is 1. The van der Waals surface area contributed by atoms with Crippen molar-refractivity contribution in [3.63, 3.8) is 0 Å². The molecule has 24 heavy (non-hydrogen) atoms. The lowest BCUT2D eigenvalue weighted by molar-refractivity contribution is 0.0240. The van der Waals surface area contributed by atoms with Crippen LogP contribution >= 0.6 is 0 Å². The highest BCUT2D eigenvalue weighted by molar-refractivity contribution is 5.86. The maximum atomic E-state index is 12.1. The van der Waals surface area contributed by atoms with Gasteiger partial charge in [-0.2, -0.15) is 4.98 Å². The van der Waals surface area contributed by atoms with E-state index in [1.54, 1.807) is 4.90 Å². The molecule has 2 rings (SSSR count). The quantitative estimate of drug-likeness (QED) is 0.877. The van der Waals surface area contributed by atoms with Crippen LogP contribution in [0.3, 0.4) is 0 Å². The third-order valence-electron chi connectivity index (χ3n) is 3.33. The average Bonchev–Trinajstić information content (AvgIpc) is 2.52. The van der Waals surface area contributed by atoms with E-state index in [2.05, 4.69) is 9.97 Å². The summed E-state index contributed by atoms with van der Waals surface area (Å²) in [5, 5.41) is 9.12. The third-order valence-corrected chi connectivity index (χ3v) is 3.33. The van der Waals surface area contributed by atoms with Crippen molar-refractivity contribution in [3.05, 3.63) is 11.8 Å². The van der Waals surface area contributed by atoms with Crippen LogP contribution in [0.1, 0.15) is 31.3 Å². The molecule has 0 unspecified atom stereocenters. The molecule has 1 fully saturated rings. The molecular weight excluding hydrogens is 316 g/mol. The predicted molar refractivity (Wildman–Crippen MR) is 85.6 cm³/mol. The van der Waals surface area contributed by atoms with Crippen molar-refractivity contribution < 1.29 is 24.2 Å². The van der Waals surface area contributed by atoms with Gasteiger partial charge in [0.05, 0.1) is 7.11 Å². The number of nitrogens with zero attached hydrogens (tertiary/aromatic N) is 4. The zero-order chi connectivity index (χ0) is 17.9. The molecule has 1 N–H and O–H groups in total. The maximum Gasteiger partial charge on any atom is 0.410 e. The van der Waals surface area contributed by atoms with Crippen molar-refractivity contribution in [1.82, 2.24) is 14.9 Å². The van der Waals surface area contributed by atoms with Gasteiger partial charge in [-0.25, -0.2) is 14.6 Å². The van der Waals surface area contributed by atoms with E-state index in [-0.39, 0.29) is 23.6 Å². The molecule has 0 spiro atoms. The van der Waals surface area contributed by atoms with Crippen molar-refractivity contribution in [2.24, 2.45) is 0 Å². The van der Waals surface area contributed by atoms with E-state index in [0.29, 0.717) is 26.2 Å². The van der Waals surface area contributed by atoms with Crippen LogP contribution in [0.15, 0.2) is 6.07 Å². The summed E-state index contributed by atoms with van der Waals surface area (Å²) in [6, 6.07) is 1.27. The number of aromatic nitrogens is 2. The summed E-state index contributed by atoms with van der Waals surface area (Å²) >= 11 is 0. The Kier molecular flexibility index (Phi) is 5.10. The Bertz CT molecular complexity index is 621. The fraction of sp³-hybridized carbons (Fsp3) is 0.600. The van der Waals surface area contributed by atoms with E-state index in [1.165, 1.54) is 13.2 Å². The Morgan fingerprint density at radius 2 is 1.79 bits per heavy atom. The first-order chi connectivity index (χ1) is 11.2. The van der Waals surface area contributed by atoms with Gasteiger partial charge in [0.25, 0.3) is 0 Å². The van der Waals surface area contributed by atoms with Crippen LogP contribution in [0.5, 0.6) is 5.88 Å². The summed E-state index contributed by atoms with van der Waals surface area (Å²) in [4.78, 5) is 34.8. The van der Waals surface area contributed by atoms with Crippen molar-refractivity contribution in [3.8, 4) is 5.88 Å². The van der Waals surface area contributed by atoms with Gasteiger partial charge in [-0.1, -0.05) is 0 Å². The van der Waals surface area contributed by atoms with Gasteiger partial charge < -0.3 is 24.4 Å². The molecule has 0 saturated carbocycles. The lowest BCUT2D eigenvalue weighted by Gasteiger charge is -2.35. The SMILES string of the molecule is COc1cc(C(=O)O)nc(N2CCN(C(=O)OC(C)(C)C)CC2)n1. The third kappa shape index (κ3) is 4.46. The van der Waals surface area contributed by atoms with Crippen molar-refractivity contribution in [1.29, 1.82) is 0 Å². The first-order valence-corrected chi connectivity index (χ1v) is 7.59. The molecule has 1 aromatic rings. The number of hydrogen-bond donors (Lipinski definition) is 1. The molecule has 1 aliphatic rings. The van der Waals surface area contributed by atoms with Crippen molar-refractivity contribution in [2.45, 2.75) is 26.4 Å². The van der Waals surface area contributed by atoms with Crippen LogP contribution in [0, 0.1) is 0 Å². The second-order valence-electron chi connectivity index (χ2n) is 6.36. The second-order valence-corrected chi connectivity index (χ2v) is 6.36. The highest BCUT2D eigenvalue weighted by atomic mass is 16.6. The van der Waals surface area contributed by atoms with Crippen molar-refractivity contribution in [2.75, 3.05) is 38.2 Å². The predicted octanol–water partition coefficient (Wildman–Crippen LogP) is 1.24. The molecule has 2 heterocycles. The topological polar surface area (TPSA) is 105 Å². The van der Waals surface area contributed by atoms with Crippen LogP contribution in [0.2, 0.25) is 0 Å². The standard InChI is InChI=1S/C15H22N4O5/c1-15(2,3)24-14(22)19-7-5-18(6-8-19)13-16-10(12(20)21)9-11(17-13)23-4/h9H,5-8H2,1-4H3,(H,20,21). The number of anilines is 1. The Hall–Kier alpha value is -2.58. The minimum Gasteiger partial charge on any atom is -0.481 e. The first kappa shape index (κ1) is 17.8. The summed E-state index contributed by atoms with van der Waals surface area (Å²) < 4.78 is 10.4. The van der Waals surface area contributed by atoms with Gasteiger partial charge in [-0.3, -0.25) is 0 Å². The monoisotopic (exact) mass is 338 g/mol. The van der Waals surface area contributed by atoms with Crippen molar-refractivity contribution >= 4 is 18.0 Å². The number of aromatic carboxylic acids is 1. The highest BCUT2D eigenvalue weighted by Crippen LogP contribution is 2.18. The minimum absolute atomic E-state index is 0.133. The molecule has 0 radical (unpaired) electrons. The zero-order valence-electron chi connectivity index (χ0n) is 14.3. The Labute approximate surface area is 140 Å². The van der Waals surface area contributed by atoms with E-state index >= 15 is 0 Å². The van der Waals surface area contributed by atoms with Gasteiger partial charge in [0.15, 0.2) is 5.69 Å². The minimum atomic E-state index is -1.15. The molecule has 9 nitrogen and oxygen atoms in total. The number of carboxylic acids is 1. The molecule has 132 valence electrons. The fourth-order valence-corrected chi connectivity index (χ4v) is 2.18. The number of carboxylic acid groups (broad SMARTS) is 1. The summed E-state index contributed by atoms with van der Waals surface area (Å²) in [5.41, 5.74) is -0.674. The summed E-state index contributed by atoms with van der Waals surface area (Å²) in [7, 11) is 1.41. The first-order valence-electron chi connectivity index (χ1n) is 7.59. The Balaban J connectivity index is 2.05. The van der Waals surface area contributed by atoms with Gasteiger partial charge in [-0.05, 0) is 20.8 Å². The summed E-state index contributed by atoms with van der Waals surface area (Å²) in [6.07, 6.45) is -0.361. The van der Waals surface area contributed by atoms with E-state index in [1.807, 2.05) is 25.7 Å². The van der Waals surface area contributed by atoms with E-state index in [9.17, 15) is 9.59 Å². The van der Waals surface area contributed by atoms with Crippen LogP contribution in [0.4, 0.5) is 10.7 Å². The van der Waals surface area contributed by atoms with Gasteiger partial charge in [0.2, 0.25) is 11.8 Å². The van der Waals surface area contributed by atoms with Gasteiger partial charge in [-0.15, -0.1) is 0 Å². The molecule has 1 aromatic heterocycles. The van der Waals surface area contributed by atoms with E-state index in [0.717, 1.165) is 0 Å². The lowest BCUT2D eigenvalue weighted by Crippen LogP contribution is -2.50. The Morgan fingerprint density at radius 1 is 1.17 bits per heavy atom. The normalized spacial score (nSPS) is 15.2. The molecule has 9 heteroatoms. The second kappa shape index (κ2) is 6.90. The highest BCUT2D eigenvalue weighted by Gasteiger charge is 2.27. The smallest absolute Gasteiger partial charge is 0.410 e. The number of carbonyl (C=O) groups is 2. The van der Waals surface area contributed by atoms with Gasteiger partial charge >= 0.3 is 12.1 Å². The number of rotatable bonds is 3. The summed E-state index contributed by atoms with van der Waals surface area (Å²) in [6.45, 7) is 7.29. The molecule has 0 bridgehead atoms. The molecule has 1 saturated heterocycles. The molecule has 1 amide bonds. The fourth-order valence-electron chi connectivity index (χ4n) is 2.18. The number of piperazine rings is 1. The number of hydrogen-bond acceptors (Lipinski definition) is 7. The van der Waals surface area contributed by atoms with E-state index in [4.69, 9.17) is 14.6 Å². The van der Waals surface area contributed by atoms with Crippen LogP contribution in [0.25, 0.3) is 0 Å². The van der Waals surface area contributed by atoms with Crippen LogP contribution in [-0.2, 0) is 4.74 Å². The summed E-state index contributed by atoms with van der Waals surface area (Å²) in [5.74, 6) is -0.688. The molecule has 1 aliphatic heterocycles. The molecular formula is C15H22N4O5. The largest absolute Gasteiger partial charge is 0.481 e. The number of carbonyl (C=O) groups excluding carboxylic acids is 1. The van der Waals surface area contributed by atoms with E-state index < -0.39 is 11.6 Å². The molecule has 0 aromatic carbocycles. The molecule has 0 aliphatic carbocycles. The zero-order valence-corrected chi connectivity index (χ0v) is 14.3. The average molecular weight is 338 g/mol. The Morgan fingerprint density at radius 3 is 2.29 bits per heavy atom. The lowest BCUT2D eigenvalue weighted by atomic mass is 10.2.